The zero-order valence-corrected chi connectivity index (χ0v) is 10.5. The summed E-state index contributed by atoms with van der Waals surface area (Å²) in [7, 11) is 0. The smallest absolute Gasteiger partial charge is 0.358 e. The first-order valence-corrected chi connectivity index (χ1v) is 6.24. The Morgan fingerprint density at radius 3 is 2.59 bits per heavy atom. The van der Waals surface area contributed by atoms with E-state index in [4.69, 9.17) is 9.57 Å². The molecule has 0 aromatic heterocycles. The summed E-state index contributed by atoms with van der Waals surface area (Å²) in [5.74, 6) is -0.613. The summed E-state index contributed by atoms with van der Waals surface area (Å²) >= 11 is 0. The molecule has 0 aromatic carbocycles. The van der Waals surface area contributed by atoms with Gasteiger partial charge in [0.05, 0.1) is 6.61 Å². The predicted octanol–water partition coefficient (Wildman–Crippen LogP) is 1.64. The van der Waals surface area contributed by atoms with Crippen molar-refractivity contribution in [3.8, 4) is 0 Å². The maximum absolute atomic E-state index is 11.5. The van der Waals surface area contributed by atoms with Crippen LogP contribution in [-0.4, -0.2) is 35.6 Å². The number of hydrogen-bond acceptors (Lipinski definition) is 5. The highest BCUT2D eigenvalue weighted by atomic mass is 16.6. The molecule has 1 atom stereocenters. The molecule has 1 rings (SSSR count). The second-order valence-electron chi connectivity index (χ2n) is 4.24. The van der Waals surface area contributed by atoms with E-state index in [9.17, 15) is 9.90 Å². The van der Waals surface area contributed by atoms with Crippen LogP contribution in [0.1, 0.15) is 46.0 Å². The number of carbonyl (C=O) groups is 1. The Labute approximate surface area is 102 Å². The van der Waals surface area contributed by atoms with Crippen LogP contribution in [0.15, 0.2) is 5.16 Å². The number of rotatable bonds is 5. The Balaban J connectivity index is 2.53. The van der Waals surface area contributed by atoms with E-state index in [0.29, 0.717) is 0 Å². The van der Waals surface area contributed by atoms with Gasteiger partial charge in [-0.25, -0.2) is 4.79 Å². The molecule has 0 aliphatic heterocycles. The second kappa shape index (κ2) is 7.27. The van der Waals surface area contributed by atoms with E-state index in [-0.39, 0.29) is 18.4 Å². The highest BCUT2D eigenvalue weighted by Gasteiger charge is 2.21. The highest BCUT2D eigenvalue weighted by molar-refractivity contribution is 6.37. The van der Waals surface area contributed by atoms with E-state index in [2.05, 4.69) is 5.16 Å². The lowest BCUT2D eigenvalue weighted by molar-refractivity contribution is -0.135. The Morgan fingerprint density at radius 1 is 1.41 bits per heavy atom. The third kappa shape index (κ3) is 4.73. The van der Waals surface area contributed by atoms with Crippen LogP contribution in [0.25, 0.3) is 0 Å². The van der Waals surface area contributed by atoms with E-state index in [1.165, 1.54) is 13.3 Å². The van der Waals surface area contributed by atoms with E-state index < -0.39 is 12.1 Å². The normalized spacial score (nSPS) is 19.8. The minimum Gasteiger partial charge on any atom is -0.461 e. The summed E-state index contributed by atoms with van der Waals surface area (Å²) in [5.41, 5.74) is -0.0579. The first-order chi connectivity index (χ1) is 8.15. The van der Waals surface area contributed by atoms with Gasteiger partial charge in [0.25, 0.3) is 0 Å². The quantitative estimate of drug-likeness (QED) is 0.453. The maximum atomic E-state index is 11.5. The molecule has 17 heavy (non-hydrogen) atoms. The monoisotopic (exact) mass is 243 g/mol. The molecule has 5 nitrogen and oxygen atoms in total. The Hall–Kier alpha value is -1.10. The molecule has 98 valence electrons. The molecule has 0 amide bonds. The Bertz CT molecular complexity index is 270. The molecule has 0 heterocycles. The van der Waals surface area contributed by atoms with Crippen molar-refractivity contribution in [2.75, 3.05) is 6.61 Å². The van der Waals surface area contributed by atoms with E-state index in [1.807, 2.05) is 0 Å². The highest BCUT2D eigenvalue weighted by Crippen LogP contribution is 2.20. The van der Waals surface area contributed by atoms with Gasteiger partial charge in [-0.3, -0.25) is 0 Å². The van der Waals surface area contributed by atoms with Crippen molar-refractivity contribution >= 4 is 11.7 Å². The number of carbonyl (C=O) groups excluding carboxylic acids is 1. The molecule has 0 radical (unpaired) electrons. The summed E-state index contributed by atoms with van der Waals surface area (Å²) in [6.07, 6.45) is 4.49. The fraction of sp³-hybridized carbons (Fsp3) is 0.833. The van der Waals surface area contributed by atoms with Gasteiger partial charge in [-0.05, 0) is 39.5 Å². The fourth-order valence-electron chi connectivity index (χ4n) is 1.79. The van der Waals surface area contributed by atoms with Crippen LogP contribution in [0.4, 0.5) is 0 Å². The van der Waals surface area contributed by atoms with Gasteiger partial charge in [0.15, 0.2) is 5.71 Å². The number of hydrogen-bond donors (Lipinski definition) is 1. The molecule has 0 aromatic rings. The van der Waals surface area contributed by atoms with Crippen molar-refractivity contribution < 1.29 is 19.5 Å². The number of ether oxygens (including phenoxy) is 1. The third-order valence-electron chi connectivity index (χ3n) is 2.73. The maximum Gasteiger partial charge on any atom is 0.358 e. The summed E-state index contributed by atoms with van der Waals surface area (Å²) < 4.78 is 4.80. The predicted molar refractivity (Wildman–Crippen MR) is 63.7 cm³/mol. The van der Waals surface area contributed by atoms with Gasteiger partial charge in [-0.2, -0.15) is 0 Å². The van der Waals surface area contributed by atoms with Crippen LogP contribution < -0.4 is 0 Å². The first-order valence-electron chi connectivity index (χ1n) is 6.24. The number of esters is 1. The first kappa shape index (κ1) is 14.0. The zero-order chi connectivity index (χ0) is 12.7. The van der Waals surface area contributed by atoms with Crippen LogP contribution in [0.2, 0.25) is 0 Å². The van der Waals surface area contributed by atoms with E-state index >= 15 is 0 Å². The number of nitrogens with zero attached hydrogens (tertiary/aromatic N) is 1. The second-order valence-corrected chi connectivity index (χ2v) is 4.24. The summed E-state index contributed by atoms with van der Waals surface area (Å²) in [5, 5.41) is 13.2. The molecule has 1 aliphatic carbocycles. The molecule has 0 saturated heterocycles. The molecule has 1 N–H and O–H groups in total. The lowest BCUT2D eigenvalue weighted by Gasteiger charge is -2.20. The summed E-state index contributed by atoms with van der Waals surface area (Å²) in [6.45, 7) is 3.44. The summed E-state index contributed by atoms with van der Waals surface area (Å²) in [6, 6.07) is 0. The van der Waals surface area contributed by atoms with Crippen LogP contribution in [0.3, 0.4) is 0 Å². The van der Waals surface area contributed by atoms with Gasteiger partial charge in [0.2, 0.25) is 0 Å². The van der Waals surface area contributed by atoms with Crippen molar-refractivity contribution in [2.24, 2.45) is 5.16 Å². The zero-order valence-electron chi connectivity index (χ0n) is 10.5. The van der Waals surface area contributed by atoms with Crippen molar-refractivity contribution in [1.29, 1.82) is 0 Å². The third-order valence-corrected chi connectivity index (χ3v) is 2.73. The van der Waals surface area contributed by atoms with Gasteiger partial charge < -0.3 is 14.7 Å². The molecule has 0 spiro atoms. The lowest BCUT2D eigenvalue weighted by atomic mass is 9.98. The molecule has 1 aliphatic rings. The number of aliphatic hydroxyl groups excluding tert-OH is 1. The molecule has 0 bridgehead atoms. The fourth-order valence-corrected chi connectivity index (χ4v) is 1.79. The lowest BCUT2D eigenvalue weighted by Crippen LogP contribution is -2.29. The average Bonchev–Trinajstić information content (AvgIpc) is 2.30. The van der Waals surface area contributed by atoms with E-state index in [0.717, 1.165) is 25.7 Å². The van der Waals surface area contributed by atoms with Gasteiger partial charge in [-0.15, -0.1) is 0 Å². The molecule has 5 heteroatoms. The molecular formula is C12H21NO4. The van der Waals surface area contributed by atoms with Crippen molar-refractivity contribution in [3.05, 3.63) is 0 Å². The standard InChI is InChI=1S/C12H21NO4/c1-3-16-12(15)11(9(2)14)13-17-10-7-5-4-6-8-10/h9-10,14H,3-8H2,1-2H3. The Kier molecular flexibility index (Phi) is 5.97. The minimum atomic E-state index is -0.974. The van der Waals surface area contributed by atoms with Crippen molar-refractivity contribution in [1.82, 2.24) is 0 Å². The van der Waals surface area contributed by atoms with Crippen LogP contribution in [-0.2, 0) is 14.4 Å². The van der Waals surface area contributed by atoms with Crippen LogP contribution >= 0.6 is 0 Å². The Morgan fingerprint density at radius 2 is 2.06 bits per heavy atom. The van der Waals surface area contributed by atoms with Crippen molar-refractivity contribution in [3.63, 3.8) is 0 Å². The van der Waals surface area contributed by atoms with E-state index in [1.54, 1.807) is 6.92 Å². The average molecular weight is 243 g/mol. The SMILES string of the molecule is CCOC(=O)C(=NOC1CCCCC1)C(C)O. The topological polar surface area (TPSA) is 68.1 Å². The summed E-state index contributed by atoms with van der Waals surface area (Å²) in [4.78, 5) is 16.8. The van der Waals surface area contributed by atoms with Gasteiger partial charge in [0, 0.05) is 0 Å². The largest absolute Gasteiger partial charge is 0.461 e. The molecule has 1 saturated carbocycles. The van der Waals surface area contributed by atoms with Crippen LogP contribution in [0, 0.1) is 0 Å². The van der Waals surface area contributed by atoms with Gasteiger partial charge in [0.1, 0.15) is 12.2 Å². The molecule has 1 unspecified atom stereocenters. The van der Waals surface area contributed by atoms with Crippen molar-refractivity contribution in [2.45, 2.75) is 58.2 Å². The molecular weight excluding hydrogens is 222 g/mol. The minimum absolute atomic E-state index is 0.0579. The van der Waals surface area contributed by atoms with Crippen LogP contribution in [0.5, 0.6) is 0 Å². The van der Waals surface area contributed by atoms with Gasteiger partial charge in [-0.1, -0.05) is 11.6 Å². The number of aliphatic hydroxyl groups is 1. The molecule has 1 fully saturated rings. The van der Waals surface area contributed by atoms with Gasteiger partial charge >= 0.3 is 5.97 Å². The number of oxime groups is 1.